The molecule has 0 unspecified atom stereocenters. The number of nitrogens with one attached hydrogen (secondary N) is 1. The van der Waals surface area contributed by atoms with Gasteiger partial charge in [-0.15, -0.1) is 0 Å². The van der Waals surface area contributed by atoms with Gasteiger partial charge in [0.1, 0.15) is 6.04 Å². The maximum Gasteiger partial charge on any atom is 0.326 e. The van der Waals surface area contributed by atoms with Gasteiger partial charge in [-0.3, -0.25) is 4.79 Å². The second-order valence-corrected chi connectivity index (χ2v) is 5.82. The highest BCUT2D eigenvalue weighted by molar-refractivity contribution is 9.10. The van der Waals surface area contributed by atoms with Crippen molar-refractivity contribution in [2.24, 2.45) is 0 Å². The lowest BCUT2D eigenvalue weighted by molar-refractivity contribution is -0.139. The van der Waals surface area contributed by atoms with Crippen molar-refractivity contribution in [3.63, 3.8) is 0 Å². The largest absolute Gasteiger partial charge is 0.480 e. The van der Waals surface area contributed by atoms with Gasteiger partial charge in [0.05, 0.1) is 0 Å². The Morgan fingerprint density at radius 2 is 2.16 bits per heavy atom. The van der Waals surface area contributed by atoms with Gasteiger partial charge >= 0.3 is 5.97 Å². The molecule has 0 saturated carbocycles. The van der Waals surface area contributed by atoms with Gasteiger partial charge in [-0.05, 0) is 36.6 Å². The summed E-state index contributed by atoms with van der Waals surface area (Å²) in [5.74, 6) is -0.815. The highest BCUT2D eigenvalue weighted by Crippen LogP contribution is 2.17. The fraction of sp³-hybridized carbons (Fsp3) is 0.333. The molecule has 0 aliphatic heterocycles. The van der Waals surface area contributed by atoms with Crippen LogP contribution in [0.25, 0.3) is 0 Å². The average molecular weight is 347 g/mol. The van der Waals surface area contributed by atoms with Crippen LogP contribution in [-0.2, 0) is 4.79 Å². The molecule has 0 spiro atoms. The third kappa shape index (κ3) is 5.12. The first-order valence-electron chi connectivity index (χ1n) is 5.52. The summed E-state index contributed by atoms with van der Waals surface area (Å²) < 4.78 is 0.675. The molecule has 19 heavy (non-hydrogen) atoms. The van der Waals surface area contributed by atoms with Gasteiger partial charge in [0.15, 0.2) is 0 Å². The molecule has 1 aromatic rings. The first kappa shape index (κ1) is 15.8. The van der Waals surface area contributed by atoms with E-state index in [2.05, 4.69) is 21.2 Å². The zero-order chi connectivity index (χ0) is 14.4. The lowest BCUT2D eigenvalue weighted by Gasteiger charge is -2.14. The fourth-order valence-corrected chi connectivity index (χ4v) is 2.46. The van der Waals surface area contributed by atoms with Gasteiger partial charge < -0.3 is 16.2 Å². The van der Waals surface area contributed by atoms with Crippen molar-refractivity contribution in [1.82, 2.24) is 5.32 Å². The molecule has 7 heteroatoms. The number of benzene rings is 1. The minimum atomic E-state index is -1.04. The predicted molar refractivity (Wildman–Crippen MR) is 80.4 cm³/mol. The Bertz CT molecular complexity index is 462. The third-order valence-corrected chi connectivity index (χ3v) is 3.50. The van der Waals surface area contributed by atoms with Gasteiger partial charge in [0, 0.05) is 15.7 Å². The Balaban J connectivity index is 2.78. The Kier molecular flexibility index (Phi) is 6.17. The van der Waals surface area contributed by atoms with Crippen LogP contribution in [0.5, 0.6) is 0 Å². The van der Waals surface area contributed by atoms with Crippen LogP contribution in [0.4, 0.5) is 5.69 Å². The SMILES string of the molecule is CSCC[C@H](NC(=O)c1cc(N)cc(Br)c1)C(=O)O. The lowest BCUT2D eigenvalue weighted by atomic mass is 10.1. The summed E-state index contributed by atoms with van der Waals surface area (Å²) in [7, 11) is 0. The number of carbonyl (C=O) groups excluding carboxylic acids is 1. The topological polar surface area (TPSA) is 92.4 Å². The van der Waals surface area contributed by atoms with E-state index in [4.69, 9.17) is 10.8 Å². The van der Waals surface area contributed by atoms with E-state index in [1.165, 1.54) is 17.8 Å². The molecule has 0 saturated heterocycles. The van der Waals surface area contributed by atoms with Crippen LogP contribution in [-0.4, -0.2) is 35.0 Å². The number of halogens is 1. The zero-order valence-corrected chi connectivity index (χ0v) is 12.8. The Hall–Kier alpha value is -1.21. The molecular weight excluding hydrogens is 332 g/mol. The van der Waals surface area contributed by atoms with Crippen molar-refractivity contribution in [3.8, 4) is 0 Å². The van der Waals surface area contributed by atoms with E-state index in [1.54, 1.807) is 12.1 Å². The van der Waals surface area contributed by atoms with Gasteiger partial charge in [-0.2, -0.15) is 11.8 Å². The van der Waals surface area contributed by atoms with Gasteiger partial charge in [-0.1, -0.05) is 15.9 Å². The Morgan fingerprint density at radius 3 is 2.68 bits per heavy atom. The van der Waals surface area contributed by atoms with Crippen molar-refractivity contribution >= 4 is 45.3 Å². The summed E-state index contributed by atoms with van der Waals surface area (Å²) in [4.78, 5) is 23.0. The number of hydrogen-bond acceptors (Lipinski definition) is 4. The van der Waals surface area contributed by atoms with E-state index in [-0.39, 0.29) is 0 Å². The van der Waals surface area contributed by atoms with E-state index >= 15 is 0 Å². The van der Waals surface area contributed by atoms with Crippen LogP contribution < -0.4 is 11.1 Å². The van der Waals surface area contributed by atoms with Crippen molar-refractivity contribution in [1.29, 1.82) is 0 Å². The molecule has 0 heterocycles. The summed E-state index contributed by atoms with van der Waals surface area (Å²) in [6, 6.07) is 3.88. The first-order chi connectivity index (χ1) is 8.93. The number of anilines is 1. The maximum atomic E-state index is 12.0. The Labute approximate surface area is 124 Å². The van der Waals surface area contributed by atoms with Crippen LogP contribution >= 0.6 is 27.7 Å². The zero-order valence-electron chi connectivity index (χ0n) is 10.4. The minimum Gasteiger partial charge on any atom is -0.480 e. The molecule has 4 N–H and O–H groups in total. The van der Waals surface area contributed by atoms with Crippen molar-refractivity contribution in [2.45, 2.75) is 12.5 Å². The van der Waals surface area contributed by atoms with E-state index in [9.17, 15) is 9.59 Å². The number of amides is 1. The summed E-state index contributed by atoms with van der Waals surface area (Å²) in [5.41, 5.74) is 6.41. The fourth-order valence-electron chi connectivity index (χ4n) is 1.48. The molecule has 0 radical (unpaired) electrons. The molecule has 104 valence electrons. The van der Waals surface area contributed by atoms with Crippen molar-refractivity contribution in [3.05, 3.63) is 28.2 Å². The molecular formula is C12H15BrN2O3S. The molecule has 5 nitrogen and oxygen atoms in total. The Morgan fingerprint density at radius 1 is 1.47 bits per heavy atom. The molecule has 0 aromatic heterocycles. The smallest absolute Gasteiger partial charge is 0.326 e. The number of nitrogens with two attached hydrogens (primary N) is 1. The van der Waals surface area contributed by atoms with Crippen LogP contribution in [0.3, 0.4) is 0 Å². The monoisotopic (exact) mass is 346 g/mol. The number of nitrogen functional groups attached to an aromatic ring is 1. The molecule has 1 atom stereocenters. The number of aliphatic carboxylic acids is 1. The standard InChI is InChI=1S/C12H15BrN2O3S/c1-19-3-2-10(12(17)18)15-11(16)7-4-8(13)6-9(14)5-7/h4-6,10H,2-3,14H2,1H3,(H,15,16)(H,17,18)/t10-/m0/s1. The second kappa shape index (κ2) is 7.40. The second-order valence-electron chi connectivity index (χ2n) is 3.92. The first-order valence-corrected chi connectivity index (χ1v) is 7.71. The molecule has 1 amide bonds. The lowest BCUT2D eigenvalue weighted by Crippen LogP contribution is -2.41. The number of carboxylic acids is 1. The summed E-state index contributed by atoms with van der Waals surface area (Å²) in [6.07, 6.45) is 2.27. The van der Waals surface area contributed by atoms with E-state index in [0.29, 0.717) is 27.9 Å². The number of carbonyl (C=O) groups is 2. The highest BCUT2D eigenvalue weighted by atomic mass is 79.9. The van der Waals surface area contributed by atoms with Crippen LogP contribution in [0.2, 0.25) is 0 Å². The highest BCUT2D eigenvalue weighted by Gasteiger charge is 2.20. The average Bonchev–Trinajstić information content (AvgIpc) is 2.32. The molecule has 0 aliphatic rings. The van der Waals surface area contributed by atoms with E-state index < -0.39 is 17.9 Å². The molecule has 0 aliphatic carbocycles. The van der Waals surface area contributed by atoms with Gasteiger partial charge in [-0.25, -0.2) is 4.79 Å². The summed E-state index contributed by atoms with van der Waals surface area (Å²) >= 11 is 4.77. The summed E-state index contributed by atoms with van der Waals surface area (Å²) in [6.45, 7) is 0. The van der Waals surface area contributed by atoms with Gasteiger partial charge in [0.25, 0.3) is 5.91 Å². The third-order valence-electron chi connectivity index (χ3n) is 2.40. The van der Waals surface area contributed by atoms with Crippen LogP contribution in [0, 0.1) is 0 Å². The molecule has 0 bridgehead atoms. The van der Waals surface area contributed by atoms with E-state index in [0.717, 1.165) is 0 Å². The number of carboxylic acid groups (broad SMARTS) is 1. The van der Waals surface area contributed by atoms with E-state index in [1.807, 2.05) is 6.26 Å². The van der Waals surface area contributed by atoms with Crippen LogP contribution in [0.15, 0.2) is 22.7 Å². The molecule has 1 rings (SSSR count). The molecule has 0 fully saturated rings. The van der Waals surface area contributed by atoms with Crippen molar-refractivity contribution < 1.29 is 14.7 Å². The number of hydrogen-bond donors (Lipinski definition) is 3. The number of rotatable bonds is 6. The minimum absolute atomic E-state index is 0.335. The van der Waals surface area contributed by atoms with Crippen molar-refractivity contribution in [2.75, 3.05) is 17.7 Å². The maximum absolute atomic E-state index is 12.0. The number of thioether (sulfide) groups is 1. The predicted octanol–water partition coefficient (Wildman–Crippen LogP) is 1.97. The van der Waals surface area contributed by atoms with Gasteiger partial charge in [0.2, 0.25) is 0 Å². The molecule has 1 aromatic carbocycles. The normalized spacial score (nSPS) is 11.9. The summed E-state index contributed by atoms with van der Waals surface area (Å²) in [5, 5.41) is 11.5. The quantitative estimate of drug-likeness (QED) is 0.684. The van der Waals surface area contributed by atoms with Crippen LogP contribution in [0.1, 0.15) is 16.8 Å².